The molecule has 1 aliphatic heterocycles. The van der Waals surface area contributed by atoms with Gasteiger partial charge in [-0.15, -0.1) is 0 Å². The third-order valence-electron chi connectivity index (χ3n) is 6.41. The minimum absolute atomic E-state index is 0.0173. The molecule has 0 radical (unpaired) electrons. The molecule has 186 valence electrons. The second-order valence-corrected chi connectivity index (χ2v) is 9.04. The number of nitrogens with one attached hydrogen (secondary N) is 1. The van der Waals surface area contributed by atoms with Crippen molar-refractivity contribution in [3.8, 4) is 22.9 Å². The van der Waals surface area contributed by atoms with Crippen LogP contribution < -0.4 is 14.8 Å². The Hall–Kier alpha value is -3.39. The van der Waals surface area contributed by atoms with Crippen LogP contribution in [0.1, 0.15) is 36.3 Å². The van der Waals surface area contributed by atoms with Crippen LogP contribution in [-0.2, 0) is 17.8 Å². The predicted octanol–water partition coefficient (Wildman–Crippen LogP) is 4.02. The van der Waals surface area contributed by atoms with Crippen molar-refractivity contribution in [1.29, 1.82) is 0 Å². The van der Waals surface area contributed by atoms with E-state index in [1.54, 1.807) is 14.2 Å². The van der Waals surface area contributed by atoms with Crippen LogP contribution in [0.15, 0.2) is 47.0 Å². The van der Waals surface area contributed by atoms with E-state index in [9.17, 15) is 4.79 Å². The zero-order valence-corrected chi connectivity index (χ0v) is 20.8. The van der Waals surface area contributed by atoms with Crippen LogP contribution >= 0.6 is 0 Å². The Kier molecular flexibility index (Phi) is 8.36. The van der Waals surface area contributed by atoms with Crippen molar-refractivity contribution < 1.29 is 18.8 Å². The molecular weight excluding hydrogens is 444 g/mol. The van der Waals surface area contributed by atoms with E-state index in [4.69, 9.17) is 14.0 Å². The highest BCUT2D eigenvalue weighted by Gasteiger charge is 2.26. The number of piperidine rings is 1. The van der Waals surface area contributed by atoms with Gasteiger partial charge in [-0.1, -0.05) is 35.0 Å². The van der Waals surface area contributed by atoms with Gasteiger partial charge in [0, 0.05) is 18.7 Å². The standard InChI is InChI=1S/C27H34N4O4/c1-19-8-10-20(11-9-19)6-4-14-28-27(32)22-7-5-15-31(17-22)18-25-29-26(30-35-25)21-12-13-23(33-2)24(16-21)34-3/h8-13,16,22H,4-7,14-15,17-18H2,1-3H3,(H,28,32). The fourth-order valence-electron chi connectivity index (χ4n) is 4.42. The van der Waals surface area contributed by atoms with E-state index in [1.165, 1.54) is 11.1 Å². The zero-order valence-electron chi connectivity index (χ0n) is 20.8. The number of carbonyl (C=O) groups excluding carboxylic acids is 1. The number of benzene rings is 2. The zero-order chi connectivity index (χ0) is 24.6. The predicted molar refractivity (Wildman–Crippen MR) is 133 cm³/mol. The van der Waals surface area contributed by atoms with Crippen molar-refractivity contribution in [2.75, 3.05) is 33.9 Å². The second kappa shape index (κ2) is 11.8. The summed E-state index contributed by atoms with van der Waals surface area (Å²) in [6.07, 6.45) is 3.78. The molecule has 1 atom stereocenters. The summed E-state index contributed by atoms with van der Waals surface area (Å²) in [4.78, 5) is 19.5. The maximum Gasteiger partial charge on any atom is 0.241 e. The van der Waals surface area contributed by atoms with Crippen LogP contribution in [0.3, 0.4) is 0 Å². The van der Waals surface area contributed by atoms with Gasteiger partial charge in [0.2, 0.25) is 17.6 Å². The average Bonchev–Trinajstić information content (AvgIpc) is 3.35. The summed E-state index contributed by atoms with van der Waals surface area (Å²) in [5.74, 6) is 2.41. The SMILES string of the molecule is COc1ccc(-c2noc(CN3CCCC(C(=O)NCCCc4ccc(C)cc4)C3)n2)cc1OC. The van der Waals surface area contributed by atoms with E-state index in [-0.39, 0.29) is 11.8 Å². The molecule has 0 saturated carbocycles. The van der Waals surface area contributed by atoms with Gasteiger partial charge in [-0.05, 0) is 62.9 Å². The minimum Gasteiger partial charge on any atom is -0.493 e. The fourth-order valence-corrected chi connectivity index (χ4v) is 4.42. The van der Waals surface area contributed by atoms with Crippen LogP contribution in [0.2, 0.25) is 0 Å². The van der Waals surface area contributed by atoms with Gasteiger partial charge in [0.15, 0.2) is 11.5 Å². The molecule has 35 heavy (non-hydrogen) atoms. The summed E-state index contributed by atoms with van der Waals surface area (Å²) in [5.41, 5.74) is 3.36. The van der Waals surface area contributed by atoms with E-state index in [1.807, 2.05) is 18.2 Å². The van der Waals surface area contributed by atoms with Crippen LogP contribution in [0.25, 0.3) is 11.4 Å². The van der Waals surface area contributed by atoms with Gasteiger partial charge >= 0.3 is 0 Å². The van der Waals surface area contributed by atoms with Gasteiger partial charge in [-0.25, -0.2) is 0 Å². The maximum absolute atomic E-state index is 12.7. The van der Waals surface area contributed by atoms with Gasteiger partial charge in [0.25, 0.3) is 0 Å². The lowest BCUT2D eigenvalue weighted by atomic mass is 9.97. The molecule has 8 nitrogen and oxygen atoms in total. The smallest absolute Gasteiger partial charge is 0.241 e. The number of hydrogen-bond donors (Lipinski definition) is 1. The Morgan fingerprint density at radius 1 is 1.14 bits per heavy atom. The van der Waals surface area contributed by atoms with Crippen molar-refractivity contribution in [2.24, 2.45) is 5.92 Å². The van der Waals surface area contributed by atoms with Crippen LogP contribution in [-0.4, -0.2) is 54.8 Å². The summed E-state index contributed by atoms with van der Waals surface area (Å²) < 4.78 is 16.2. The summed E-state index contributed by atoms with van der Waals surface area (Å²) in [5, 5.41) is 7.25. The van der Waals surface area contributed by atoms with Crippen LogP contribution in [0.5, 0.6) is 11.5 Å². The number of likely N-dealkylation sites (tertiary alicyclic amines) is 1. The third kappa shape index (κ3) is 6.60. The van der Waals surface area contributed by atoms with Crippen LogP contribution in [0.4, 0.5) is 0 Å². The van der Waals surface area contributed by atoms with Crippen molar-refractivity contribution in [3.05, 3.63) is 59.5 Å². The normalized spacial score (nSPS) is 16.1. The Morgan fingerprint density at radius 2 is 1.94 bits per heavy atom. The Balaban J connectivity index is 1.26. The first kappa shape index (κ1) is 24.7. The molecule has 1 saturated heterocycles. The summed E-state index contributed by atoms with van der Waals surface area (Å²) in [6.45, 7) is 4.91. The molecule has 4 rings (SSSR count). The first-order valence-electron chi connectivity index (χ1n) is 12.2. The Morgan fingerprint density at radius 3 is 2.71 bits per heavy atom. The number of hydrogen-bond acceptors (Lipinski definition) is 7. The van der Waals surface area contributed by atoms with E-state index >= 15 is 0 Å². The van der Waals surface area contributed by atoms with Gasteiger partial charge < -0.3 is 19.3 Å². The molecule has 1 aromatic heterocycles. The van der Waals surface area contributed by atoms with Crippen molar-refractivity contribution >= 4 is 5.91 Å². The second-order valence-electron chi connectivity index (χ2n) is 9.04. The Labute approximate surface area is 206 Å². The van der Waals surface area contributed by atoms with Crippen LogP contribution in [0, 0.1) is 12.8 Å². The first-order chi connectivity index (χ1) is 17.1. The average molecular weight is 479 g/mol. The van der Waals surface area contributed by atoms with Gasteiger partial charge in [-0.2, -0.15) is 4.98 Å². The summed E-state index contributed by atoms with van der Waals surface area (Å²) in [6, 6.07) is 14.1. The number of rotatable bonds is 10. The number of aromatic nitrogens is 2. The maximum atomic E-state index is 12.7. The lowest BCUT2D eigenvalue weighted by molar-refractivity contribution is -0.126. The van der Waals surface area contributed by atoms with Gasteiger partial charge in [-0.3, -0.25) is 9.69 Å². The Bertz CT molecular complexity index is 1110. The van der Waals surface area contributed by atoms with E-state index in [0.717, 1.165) is 37.8 Å². The molecule has 8 heteroatoms. The molecule has 0 bridgehead atoms. The summed E-state index contributed by atoms with van der Waals surface area (Å²) >= 11 is 0. The molecule has 1 N–H and O–H groups in total. The monoisotopic (exact) mass is 478 g/mol. The molecule has 1 amide bonds. The minimum atomic E-state index is -0.0173. The largest absolute Gasteiger partial charge is 0.493 e. The van der Waals surface area contributed by atoms with Gasteiger partial charge in [0.1, 0.15) is 0 Å². The number of nitrogens with zero attached hydrogens (tertiary/aromatic N) is 3. The molecule has 0 aliphatic carbocycles. The molecular formula is C27H34N4O4. The number of methoxy groups -OCH3 is 2. The lowest BCUT2D eigenvalue weighted by Crippen LogP contribution is -2.43. The third-order valence-corrected chi connectivity index (χ3v) is 6.41. The molecule has 1 fully saturated rings. The van der Waals surface area contributed by atoms with E-state index in [0.29, 0.717) is 42.8 Å². The number of aryl methyl sites for hydroxylation is 2. The molecule has 3 aromatic rings. The first-order valence-corrected chi connectivity index (χ1v) is 12.2. The van der Waals surface area contributed by atoms with E-state index in [2.05, 4.69) is 51.5 Å². The summed E-state index contributed by atoms with van der Waals surface area (Å²) in [7, 11) is 3.19. The van der Waals surface area contributed by atoms with Crippen molar-refractivity contribution in [1.82, 2.24) is 20.4 Å². The fraction of sp³-hybridized carbons (Fsp3) is 0.444. The molecule has 1 aliphatic rings. The van der Waals surface area contributed by atoms with Gasteiger partial charge in [0.05, 0.1) is 26.7 Å². The molecule has 2 heterocycles. The van der Waals surface area contributed by atoms with Crippen molar-refractivity contribution in [2.45, 2.75) is 39.2 Å². The molecule has 1 unspecified atom stereocenters. The quantitative estimate of drug-likeness (QED) is 0.440. The highest BCUT2D eigenvalue weighted by atomic mass is 16.5. The number of ether oxygens (including phenoxy) is 2. The van der Waals surface area contributed by atoms with Crippen molar-refractivity contribution in [3.63, 3.8) is 0 Å². The molecule has 0 spiro atoms. The number of carbonyl (C=O) groups is 1. The number of amides is 1. The van der Waals surface area contributed by atoms with E-state index < -0.39 is 0 Å². The molecule has 2 aromatic carbocycles. The lowest BCUT2D eigenvalue weighted by Gasteiger charge is -2.30. The topological polar surface area (TPSA) is 89.7 Å². The highest BCUT2D eigenvalue weighted by molar-refractivity contribution is 5.78. The highest BCUT2D eigenvalue weighted by Crippen LogP contribution is 2.31.